The first kappa shape index (κ1) is 26.6. The third-order valence-electron chi connectivity index (χ3n) is 10.2. The van der Waals surface area contributed by atoms with Crippen LogP contribution in [-0.2, 0) is 19.1 Å². The summed E-state index contributed by atoms with van der Waals surface area (Å²) < 4.78 is 12.1. The average molecular weight is 544 g/mol. The molecule has 34 heavy (non-hydrogen) atoms. The van der Waals surface area contributed by atoms with E-state index in [1.54, 1.807) is 6.92 Å². The number of ether oxygens (including phenoxy) is 2. The highest BCUT2D eigenvalue weighted by molar-refractivity contribution is 9.09. The number of carbonyl (C=O) groups excluding carboxylic acids is 2. The number of unbranched alkanes of at least 4 members (excludes halogenated alkanes) is 2. The molecular weight excluding hydrogens is 500 g/mol. The molecule has 0 aromatic heterocycles. The number of rotatable bonds is 9. The lowest BCUT2D eigenvalue weighted by atomic mass is 9.44. The first-order chi connectivity index (χ1) is 16.3. The second kappa shape index (κ2) is 10.9. The van der Waals surface area contributed by atoms with Crippen LogP contribution in [0, 0.1) is 34.5 Å². The number of esters is 1. The van der Waals surface area contributed by atoms with Gasteiger partial charge in [-0.15, -0.1) is 0 Å². The van der Waals surface area contributed by atoms with Crippen molar-refractivity contribution in [1.82, 2.24) is 0 Å². The Kier molecular flexibility index (Phi) is 8.48. The van der Waals surface area contributed by atoms with Crippen molar-refractivity contribution >= 4 is 28.2 Å². The Morgan fingerprint density at radius 3 is 2.65 bits per heavy atom. The highest BCUT2D eigenvalue weighted by Crippen LogP contribution is 2.67. The van der Waals surface area contributed by atoms with Gasteiger partial charge < -0.3 is 24.5 Å². The molecule has 0 aromatic carbocycles. The van der Waals surface area contributed by atoms with E-state index in [1.165, 1.54) is 0 Å². The first-order valence-corrected chi connectivity index (χ1v) is 14.4. The highest BCUT2D eigenvalue weighted by atomic mass is 79.9. The molecule has 0 amide bonds. The minimum absolute atomic E-state index is 0.00245. The zero-order chi connectivity index (χ0) is 24.5. The van der Waals surface area contributed by atoms with E-state index in [2.05, 4.69) is 22.9 Å². The summed E-state index contributed by atoms with van der Waals surface area (Å²) in [7, 11) is 0. The van der Waals surface area contributed by atoms with Gasteiger partial charge in [-0.25, -0.2) is 0 Å². The van der Waals surface area contributed by atoms with Crippen molar-refractivity contribution in [2.75, 3.05) is 13.2 Å². The van der Waals surface area contributed by atoms with Gasteiger partial charge in [0.1, 0.15) is 12.4 Å². The van der Waals surface area contributed by atoms with Crippen LogP contribution in [0.15, 0.2) is 0 Å². The summed E-state index contributed by atoms with van der Waals surface area (Å²) in [5.41, 5.74) is -0.297. The predicted molar refractivity (Wildman–Crippen MR) is 132 cm³/mol. The van der Waals surface area contributed by atoms with Crippen LogP contribution in [0.3, 0.4) is 0 Å². The Labute approximate surface area is 212 Å². The normalized spacial score (nSPS) is 45.7. The summed E-state index contributed by atoms with van der Waals surface area (Å²) in [6, 6.07) is 0. The number of hydrogen-bond acceptors (Lipinski definition) is 6. The fraction of sp³-hybridized carbons (Fsp3) is 0.926. The standard InChI is InChI=1S/C27H43BrO6/c1-3-23(32)34-25-21(28)15-20-24-19(8-10-27(20,25)16-30)26(2)9-7-18(13-17(26)14-22(24)31)33-12-6-4-5-11-29/h11,17-22,24-25,30-31H,3-10,12-16H2,1-2H3/t17?,18-,19?,20?,21+,22-,24?,25-,26-,27+/m0/s1. The summed E-state index contributed by atoms with van der Waals surface area (Å²) in [5.74, 6) is 0.919. The maximum absolute atomic E-state index is 12.2. The molecule has 10 atom stereocenters. The Balaban J connectivity index is 1.48. The lowest BCUT2D eigenvalue weighted by Gasteiger charge is -2.62. The summed E-state index contributed by atoms with van der Waals surface area (Å²) >= 11 is 3.79. The Bertz CT molecular complexity index is 732. The van der Waals surface area contributed by atoms with Crippen LogP contribution in [0.2, 0.25) is 0 Å². The molecule has 2 N–H and O–H groups in total. The molecule has 4 rings (SSSR count). The van der Waals surface area contributed by atoms with Crippen molar-refractivity contribution in [2.24, 2.45) is 34.5 Å². The molecule has 0 spiro atoms. The van der Waals surface area contributed by atoms with Gasteiger partial charge >= 0.3 is 5.97 Å². The van der Waals surface area contributed by atoms with E-state index in [-0.39, 0.29) is 46.9 Å². The van der Waals surface area contributed by atoms with E-state index in [0.717, 1.165) is 64.1 Å². The molecular formula is C27H43BrO6. The van der Waals surface area contributed by atoms with E-state index in [4.69, 9.17) is 9.47 Å². The van der Waals surface area contributed by atoms with Gasteiger partial charge in [0.2, 0.25) is 0 Å². The van der Waals surface area contributed by atoms with Crippen LogP contribution in [-0.4, -0.2) is 58.8 Å². The average Bonchev–Trinajstić information content (AvgIpc) is 3.11. The molecule has 4 aliphatic rings. The van der Waals surface area contributed by atoms with Crippen molar-refractivity contribution in [2.45, 2.75) is 108 Å². The van der Waals surface area contributed by atoms with Crippen LogP contribution in [0.1, 0.15) is 84.5 Å². The lowest BCUT2D eigenvalue weighted by Crippen LogP contribution is -2.60. The van der Waals surface area contributed by atoms with Gasteiger partial charge in [0, 0.05) is 24.9 Å². The predicted octanol–water partition coefficient (Wildman–Crippen LogP) is 4.42. The van der Waals surface area contributed by atoms with Gasteiger partial charge in [0.15, 0.2) is 0 Å². The van der Waals surface area contributed by atoms with Crippen LogP contribution in [0.25, 0.3) is 0 Å². The molecule has 194 valence electrons. The number of fused-ring (bicyclic) bond motifs is 5. The maximum atomic E-state index is 12.2. The molecule has 7 heteroatoms. The summed E-state index contributed by atoms with van der Waals surface area (Å²) in [6.07, 6.45) is 9.79. The monoisotopic (exact) mass is 542 g/mol. The molecule has 0 radical (unpaired) electrons. The number of alkyl halides is 1. The largest absolute Gasteiger partial charge is 0.460 e. The molecule has 0 heterocycles. The molecule has 4 saturated carbocycles. The maximum Gasteiger partial charge on any atom is 0.305 e. The molecule has 4 unspecified atom stereocenters. The van der Waals surface area contributed by atoms with Crippen LogP contribution in [0.5, 0.6) is 0 Å². The Hall–Kier alpha value is -0.500. The molecule has 0 saturated heterocycles. The van der Waals surface area contributed by atoms with Gasteiger partial charge in [-0.05, 0) is 86.9 Å². The fourth-order valence-electron chi connectivity index (χ4n) is 8.36. The van der Waals surface area contributed by atoms with Crippen LogP contribution >= 0.6 is 15.9 Å². The third kappa shape index (κ3) is 4.64. The van der Waals surface area contributed by atoms with Gasteiger partial charge in [-0.1, -0.05) is 29.8 Å². The number of halogens is 1. The summed E-state index contributed by atoms with van der Waals surface area (Å²) in [6.45, 7) is 4.94. The molecule has 4 fully saturated rings. The second-order valence-electron chi connectivity index (χ2n) is 11.7. The number of carbonyl (C=O) groups is 2. The number of aldehydes is 1. The molecule has 0 aromatic rings. The number of aliphatic hydroxyl groups is 2. The quantitative estimate of drug-likeness (QED) is 0.194. The van der Waals surface area contributed by atoms with Gasteiger partial charge in [-0.2, -0.15) is 0 Å². The van der Waals surface area contributed by atoms with Gasteiger partial charge in [0.05, 0.1) is 23.6 Å². The zero-order valence-corrected chi connectivity index (χ0v) is 22.4. The smallest absolute Gasteiger partial charge is 0.305 e. The van der Waals surface area contributed by atoms with Crippen molar-refractivity contribution in [3.63, 3.8) is 0 Å². The van der Waals surface area contributed by atoms with Crippen LogP contribution < -0.4 is 0 Å². The van der Waals surface area contributed by atoms with E-state index < -0.39 is 11.5 Å². The Morgan fingerprint density at radius 2 is 1.94 bits per heavy atom. The van der Waals surface area contributed by atoms with E-state index in [0.29, 0.717) is 31.3 Å². The van der Waals surface area contributed by atoms with E-state index >= 15 is 0 Å². The minimum atomic E-state index is -0.466. The molecule has 6 nitrogen and oxygen atoms in total. The lowest BCUT2D eigenvalue weighted by molar-refractivity contribution is -0.196. The van der Waals surface area contributed by atoms with Gasteiger partial charge in [-0.3, -0.25) is 4.79 Å². The summed E-state index contributed by atoms with van der Waals surface area (Å²) in [4.78, 5) is 22.7. The molecule has 4 aliphatic carbocycles. The van der Waals surface area contributed by atoms with E-state index in [9.17, 15) is 19.8 Å². The topological polar surface area (TPSA) is 93.1 Å². The Morgan fingerprint density at radius 1 is 1.15 bits per heavy atom. The van der Waals surface area contributed by atoms with Gasteiger partial charge in [0.25, 0.3) is 0 Å². The third-order valence-corrected chi connectivity index (χ3v) is 11.0. The number of aliphatic hydroxyl groups excluding tert-OH is 2. The number of hydrogen-bond donors (Lipinski definition) is 2. The van der Waals surface area contributed by atoms with Crippen molar-refractivity contribution < 1.29 is 29.3 Å². The van der Waals surface area contributed by atoms with E-state index in [1.807, 2.05) is 0 Å². The first-order valence-electron chi connectivity index (χ1n) is 13.5. The van der Waals surface area contributed by atoms with Crippen molar-refractivity contribution in [3.8, 4) is 0 Å². The second-order valence-corrected chi connectivity index (χ2v) is 12.8. The van der Waals surface area contributed by atoms with Crippen LogP contribution in [0.4, 0.5) is 0 Å². The summed E-state index contributed by atoms with van der Waals surface area (Å²) in [5, 5.41) is 22.1. The van der Waals surface area contributed by atoms with Crippen molar-refractivity contribution in [3.05, 3.63) is 0 Å². The highest BCUT2D eigenvalue weighted by Gasteiger charge is 2.66. The minimum Gasteiger partial charge on any atom is -0.460 e. The van der Waals surface area contributed by atoms with Crippen molar-refractivity contribution in [1.29, 1.82) is 0 Å². The fourth-order valence-corrected chi connectivity index (χ4v) is 9.40. The molecule has 0 bridgehead atoms. The molecule has 0 aliphatic heterocycles. The SMILES string of the molecule is CCC(=O)O[C@H]1[C@H](Br)CC2C3C(CC[C@@]21CO)[C@@]1(C)CC[C@H](OCCCCC=O)CC1C[C@@H]3O. The zero-order valence-electron chi connectivity index (χ0n) is 20.8.